The minimum atomic E-state index is 0.478. The average Bonchev–Trinajstić information content (AvgIpc) is 2.38. The molecule has 17 heavy (non-hydrogen) atoms. The third kappa shape index (κ3) is 1.44. The second-order valence-electron chi connectivity index (χ2n) is 4.12. The van der Waals surface area contributed by atoms with Gasteiger partial charge in [-0.25, -0.2) is 4.98 Å². The summed E-state index contributed by atoms with van der Waals surface area (Å²) < 4.78 is 0. The summed E-state index contributed by atoms with van der Waals surface area (Å²) in [6.45, 7) is 2.01. The zero-order chi connectivity index (χ0) is 11.8. The Morgan fingerprint density at radius 1 is 1.06 bits per heavy atom. The normalized spacial score (nSPS) is 10.6. The minimum Gasteiger partial charge on any atom is -0.236 e. The molecule has 0 radical (unpaired) electrons. The summed E-state index contributed by atoms with van der Waals surface area (Å²) in [7, 11) is 0. The smallest absolute Gasteiger partial charge is 0.141 e. The maximum atomic E-state index is 8.98. The van der Waals surface area contributed by atoms with Gasteiger partial charge in [-0.05, 0) is 23.9 Å². The number of nitriles is 1. The number of nitrogens with zero attached hydrogens (tertiary/aromatic N) is 2. The molecular weight excluding hydrogens is 208 g/mol. The Bertz CT molecular complexity index is 767. The quantitative estimate of drug-likeness (QED) is 0.541. The van der Waals surface area contributed by atoms with Gasteiger partial charge in [0.05, 0.1) is 5.52 Å². The fourth-order valence-corrected chi connectivity index (χ4v) is 2.19. The van der Waals surface area contributed by atoms with Crippen LogP contribution in [0.15, 0.2) is 42.5 Å². The van der Waals surface area contributed by atoms with Gasteiger partial charge in [0.15, 0.2) is 0 Å². The summed E-state index contributed by atoms with van der Waals surface area (Å²) in [6, 6.07) is 16.2. The number of aryl methyl sites for hydroxylation is 1. The molecule has 3 aromatic rings. The van der Waals surface area contributed by atoms with E-state index in [4.69, 9.17) is 5.26 Å². The molecule has 0 aliphatic carbocycles. The molecule has 0 saturated heterocycles. The highest BCUT2D eigenvalue weighted by atomic mass is 14.7. The molecule has 0 atom stereocenters. The molecule has 2 heteroatoms. The number of rotatable bonds is 0. The van der Waals surface area contributed by atoms with Crippen LogP contribution in [0.25, 0.3) is 21.7 Å². The second-order valence-corrected chi connectivity index (χ2v) is 4.12. The van der Waals surface area contributed by atoms with Crippen molar-refractivity contribution < 1.29 is 0 Å². The van der Waals surface area contributed by atoms with E-state index in [1.807, 2.05) is 31.2 Å². The molecule has 0 unspecified atom stereocenters. The van der Waals surface area contributed by atoms with Crippen molar-refractivity contribution in [3.63, 3.8) is 0 Å². The lowest BCUT2D eigenvalue weighted by Crippen LogP contribution is -1.89. The maximum absolute atomic E-state index is 8.98. The van der Waals surface area contributed by atoms with Crippen molar-refractivity contribution >= 4 is 21.7 Å². The van der Waals surface area contributed by atoms with Gasteiger partial charge in [-0.2, -0.15) is 5.26 Å². The first-order valence-corrected chi connectivity index (χ1v) is 5.49. The van der Waals surface area contributed by atoms with Gasteiger partial charge in [-0.15, -0.1) is 0 Å². The molecule has 0 fully saturated rings. The SMILES string of the molecule is Cc1cc(C#N)nc2c1ccc1ccccc12. The fourth-order valence-electron chi connectivity index (χ4n) is 2.19. The van der Waals surface area contributed by atoms with Crippen LogP contribution in [0, 0.1) is 18.3 Å². The molecule has 0 N–H and O–H groups in total. The van der Waals surface area contributed by atoms with Crippen molar-refractivity contribution in [1.29, 1.82) is 5.26 Å². The summed E-state index contributed by atoms with van der Waals surface area (Å²) in [5.41, 5.74) is 2.49. The van der Waals surface area contributed by atoms with Crippen molar-refractivity contribution in [2.45, 2.75) is 6.92 Å². The predicted molar refractivity (Wildman–Crippen MR) is 68.7 cm³/mol. The Balaban J connectivity index is 2.57. The largest absolute Gasteiger partial charge is 0.236 e. The first-order chi connectivity index (χ1) is 8.29. The zero-order valence-corrected chi connectivity index (χ0v) is 9.44. The molecule has 1 heterocycles. The summed E-state index contributed by atoms with van der Waals surface area (Å²) in [5, 5.41) is 12.4. The van der Waals surface area contributed by atoms with E-state index < -0.39 is 0 Å². The highest BCUT2D eigenvalue weighted by Crippen LogP contribution is 2.26. The van der Waals surface area contributed by atoms with E-state index in [1.165, 1.54) is 0 Å². The van der Waals surface area contributed by atoms with Crippen molar-refractivity contribution in [3.05, 3.63) is 53.7 Å². The molecule has 0 bridgehead atoms. The van der Waals surface area contributed by atoms with Crippen LogP contribution in [0.3, 0.4) is 0 Å². The summed E-state index contributed by atoms with van der Waals surface area (Å²) in [5.74, 6) is 0. The third-order valence-corrected chi connectivity index (χ3v) is 3.03. The topological polar surface area (TPSA) is 36.7 Å². The van der Waals surface area contributed by atoms with E-state index in [-0.39, 0.29) is 0 Å². The highest BCUT2D eigenvalue weighted by molar-refractivity contribution is 6.06. The van der Waals surface area contributed by atoms with E-state index in [0.717, 1.165) is 27.2 Å². The maximum Gasteiger partial charge on any atom is 0.141 e. The van der Waals surface area contributed by atoms with E-state index >= 15 is 0 Å². The van der Waals surface area contributed by atoms with E-state index in [1.54, 1.807) is 0 Å². The highest BCUT2D eigenvalue weighted by Gasteiger charge is 2.05. The van der Waals surface area contributed by atoms with Crippen LogP contribution in [0.1, 0.15) is 11.3 Å². The molecule has 1 aromatic heterocycles. The zero-order valence-electron chi connectivity index (χ0n) is 9.44. The Hall–Kier alpha value is -2.40. The van der Waals surface area contributed by atoms with Crippen LogP contribution in [0.5, 0.6) is 0 Å². The van der Waals surface area contributed by atoms with Gasteiger partial charge in [-0.1, -0.05) is 36.4 Å². The molecule has 0 saturated carbocycles. The van der Waals surface area contributed by atoms with Crippen molar-refractivity contribution in [1.82, 2.24) is 4.98 Å². The molecule has 0 aliphatic heterocycles. The lowest BCUT2D eigenvalue weighted by Gasteiger charge is -2.05. The Morgan fingerprint density at radius 2 is 1.88 bits per heavy atom. The van der Waals surface area contributed by atoms with Crippen LogP contribution < -0.4 is 0 Å². The van der Waals surface area contributed by atoms with Gasteiger partial charge in [0.25, 0.3) is 0 Å². The van der Waals surface area contributed by atoms with E-state index in [9.17, 15) is 0 Å². The summed E-state index contributed by atoms with van der Waals surface area (Å²) in [4.78, 5) is 4.42. The van der Waals surface area contributed by atoms with Gasteiger partial charge >= 0.3 is 0 Å². The molecular formula is C15H10N2. The van der Waals surface area contributed by atoms with Crippen LogP contribution in [-0.4, -0.2) is 4.98 Å². The first kappa shape index (κ1) is 9.80. The van der Waals surface area contributed by atoms with Gasteiger partial charge in [-0.3, -0.25) is 0 Å². The molecule has 2 nitrogen and oxygen atoms in total. The number of pyridine rings is 1. The number of fused-ring (bicyclic) bond motifs is 3. The lowest BCUT2D eigenvalue weighted by atomic mass is 10.0. The number of hydrogen-bond donors (Lipinski definition) is 0. The molecule has 2 aromatic carbocycles. The van der Waals surface area contributed by atoms with E-state index in [0.29, 0.717) is 5.69 Å². The van der Waals surface area contributed by atoms with Gasteiger partial charge in [0, 0.05) is 10.8 Å². The third-order valence-electron chi connectivity index (χ3n) is 3.03. The van der Waals surface area contributed by atoms with Gasteiger partial charge < -0.3 is 0 Å². The van der Waals surface area contributed by atoms with Crippen LogP contribution in [-0.2, 0) is 0 Å². The molecule has 0 amide bonds. The van der Waals surface area contributed by atoms with Crippen LogP contribution in [0.4, 0.5) is 0 Å². The molecule has 3 rings (SSSR count). The van der Waals surface area contributed by atoms with Gasteiger partial charge in [0.2, 0.25) is 0 Å². The Morgan fingerprint density at radius 3 is 2.71 bits per heavy atom. The molecule has 0 aliphatic rings. The Kier molecular flexibility index (Phi) is 2.06. The number of hydrogen-bond acceptors (Lipinski definition) is 2. The predicted octanol–water partition coefficient (Wildman–Crippen LogP) is 3.57. The van der Waals surface area contributed by atoms with Crippen molar-refractivity contribution in [2.24, 2.45) is 0 Å². The Labute approximate surface area is 99.1 Å². The van der Waals surface area contributed by atoms with Crippen molar-refractivity contribution in [3.8, 4) is 6.07 Å². The number of benzene rings is 2. The van der Waals surface area contributed by atoms with E-state index in [2.05, 4.69) is 29.3 Å². The monoisotopic (exact) mass is 218 g/mol. The summed E-state index contributed by atoms with van der Waals surface area (Å²) in [6.07, 6.45) is 0. The van der Waals surface area contributed by atoms with Crippen LogP contribution in [0.2, 0.25) is 0 Å². The standard InChI is InChI=1S/C15H10N2/c1-10-8-12(9-16)17-15-13(10)7-6-11-4-2-3-5-14(11)15/h2-8H,1H3. The van der Waals surface area contributed by atoms with Crippen LogP contribution >= 0.6 is 0 Å². The first-order valence-electron chi connectivity index (χ1n) is 5.49. The molecule has 0 spiro atoms. The molecule has 80 valence electrons. The number of aromatic nitrogens is 1. The second kappa shape index (κ2) is 3.57. The van der Waals surface area contributed by atoms with Crippen molar-refractivity contribution in [2.75, 3.05) is 0 Å². The van der Waals surface area contributed by atoms with Gasteiger partial charge in [0.1, 0.15) is 11.8 Å². The minimum absolute atomic E-state index is 0.478. The fraction of sp³-hybridized carbons (Fsp3) is 0.0667. The summed E-state index contributed by atoms with van der Waals surface area (Å²) >= 11 is 0. The lowest BCUT2D eigenvalue weighted by molar-refractivity contribution is 1.31. The average molecular weight is 218 g/mol.